The number of amides is 1. The number of rotatable bonds is 6. The summed E-state index contributed by atoms with van der Waals surface area (Å²) in [6.07, 6.45) is 5.69. The molecule has 0 unspecified atom stereocenters. The van der Waals surface area contributed by atoms with Crippen molar-refractivity contribution in [2.75, 3.05) is 26.2 Å². The highest BCUT2D eigenvalue weighted by Gasteiger charge is 2.32. The van der Waals surface area contributed by atoms with Gasteiger partial charge in [0.2, 0.25) is 0 Å². The summed E-state index contributed by atoms with van der Waals surface area (Å²) in [5.41, 5.74) is 2.52. The number of hydrogen-bond donors (Lipinski definition) is 3. The lowest BCUT2D eigenvalue weighted by molar-refractivity contribution is 0.0848. The second-order valence-electron chi connectivity index (χ2n) is 6.51. The molecule has 6 nitrogen and oxygen atoms in total. The maximum atomic E-state index is 12.4. The van der Waals surface area contributed by atoms with Crippen molar-refractivity contribution in [2.45, 2.75) is 51.0 Å². The Kier molecular flexibility index (Phi) is 4.78. The summed E-state index contributed by atoms with van der Waals surface area (Å²) >= 11 is 0. The smallest absolute Gasteiger partial charge is 0.255 e. The van der Waals surface area contributed by atoms with E-state index in [1.54, 1.807) is 0 Å². The Labute approximate surface area is 131 Å². The molecule has 1 aliphatic carbocycles. The molecule has 6 heteroatoms. The first-order chi connectivity index (χ1) is 10.7. The van der Waals surface area contributed by atoms with Crippen LogP contribution in [0.15, 0.2) is 0 Å². The Morgan fingerprint density at radius 1 is 1.41 bits per heavy atom. The van der Waals surface area contributed by atoms with E-state index in [1.165, 1.54) is 12.8 Å². The third-order valence-corrected chi connectivity index (χ3v) is 4.81. The SMILES string of the molecule is Cc1[nH]nc(C2CC2)c1C(=O)NCCN1CCCC[C@@H]1CO. The van der Waals surface area contributed by atoms with Crippen LogP contribution in [0.4, 0.5) is 0 Å². The minimum Gasteiger partial charge on any atom is -0.395 e. The van der Waals surface area contributed by atoms with Gasteiger partial charge in [-0.15, -0.1) is 0 Å². The predicted molar refractivity (Wildman–Crippen MR) is 83.9 cm³/mol. The van der Waals surface area contributed by atoms with Crippen LogP contribution in [0.5, 0.6) is 0 Å². The summed E-state index contributed by atoms with van der Waals surface area (Å²) in [7, 11) is 0. The average Bonchev–Trinajstić information content (AvgIpc) is 3.30. The molecule has 1 atom stereocenters. The van der Waals surface area contributed by atoms with Crippen molar-refractivity contribution in [3.8, 4) is 0 Å². The maximum Gasteiger partial charge on any atom is 0.255 e. The molecule has 0 spiro atoms. The van der Waals surface area contributed by atoms with Crippen molar-refractivity contribution in [1.82, 2.24) is 20.4 Å². The largest absolute Gasteiger partial charge is 0.395 e. The molecule has 122 valence electrons. The number of likely N-dealkylation sites (tertiary alicyclic amines) is 1. The molecule has 0 radical (unpaired) electrons. The molecule has 0 aromatic carbocycles. The van der Waals surface area contributed by atoms with Crippen molar-refractivity contribution in [2.24, 2.45) is 0 Å². The Balaban J connectivity index is 1.53. The van der Waals surface area contributed by atoms with E-state index in [0.29, 0.717) is 12.5 Å². The Hall–Kier alpha value is -1.40. The van der Waals surface area contributed by atoms with Gasteiger partial charge in [0.05, 0.1) is 17.9 Å². The molecule has 1 saturated heterocycles. The van der Waals surface area contributed by atoms with E-state index in [0.717, 1.165) is 49.3 Å². The van der Waals surface area contributed by atoms with E-state index in [4.69, 9.17) is 0 Å². The number of nitrogens with one attached hydrogen (secondary N) is 2. The zero-order valence-corrected chi connectivity index (χ0v) is 13.3. The molecule has 1 amide bonds. The van der Waals surface area contributed by atoms with Crippen LogP contribution in [0.3, 0.4) is 0 Å². The Morgan fingerprint density at radius 2 is 2.23 bits per heavy atom. The number of aromatic amines is 1. The summed E-state index contributed by atoms with van der Waals surface area (Å²) in [5, 5.41) is 19.7. The highest BCUT2D eigenvalue weighted by atomic mass is 16.3. The molecule has 3 N–H and O–H groups in total. The minimum atomic E-state index is -0.0225. The number of aryl methyl sites for hydroxylation is 1. The monoisotopic (exact) mass is 306 g/mol. The minimum absolute atomic E-state index is 0.0225. The zero-order valence-electron chi connectivity index (χ0n) is 13.3. The van der Waals surface area contributed by atoms with E-state index in [9.17, 15) is 9.90 Å². The topological polar surface area (TPSA) is 81.2 Å². The summed E-state index contributed by atoms with van der Waals surface area (Å²) in [6, 6.07) is 0.253. The molecule has 3 rings (SSSR count). The van der Waals surface area contributed by atoms with Crippen LogP contribution < -0.4 is 5.32 Å². The summed E-state index contributed by atoms with van der Waals surface area (Å²) in [5.74, 6) is 0.442. The highest BCUT2D eigenvalue weighted by Crippen LogP contribution is 2.41. The quantitative estimate of drug-likeness (QED) is 0.737. The van der Waals surface area contributed by atoms with Crippen LogP contribution in [-0.4, -0.2) is 58.4 Å². The molecule has 2 fully saturated rings. The van der Waals surface area contributed by atoms with Crippen molar-refractivity contribution >= 4 is 5.91 Å². The van der Waals surface area contributed by atoms with Gasteiger partial charge in [0, 0.05) is 30.7 Å². The number of nitrogens with zero attached hydrogens (tertiary/aromatic N) is 2. The van der Waals surface area contributed by atoms with E-state index in [-0.39, 0.29) is 18.6 Å². The standard InChI is InChI=1S/C16H26N4O2/c1-11-14(15(19-18-11)12-5-6-12)16(22)17-7-9-20-8-3-2-4-13(20)10-21/h12-13,21H,2-10H2,1H3,(H,17,22)(H,18,19)/t13-/m1/s1. The van der Waals surface area contributed by atoms with Crippen molar-refractivity contribution in [3.05, 3.63) is 17.0 Å². The van der Waals surface area contributed by atoms with Gasteiger partial charge in [0.25, 0.3) is 5.91 Å². The third-order valence-electron chi connectivity index (χ3n) is 4.81. The number of aliphatic hydroxyl groups excluding tert-OH is 1. The first-order valence-corrected chi connectivity index (χ1v) is 8.38. The normalized spacial score (nSPS) is 22.7. The van der Waals surface area contributed by atoms with Crippen molar-refractivity contribution < 1.29 is 9.90 Å². The Morgan fingerprint density at radius 3 is 2.95 bits per heavy atom. The maximum absolute atomic E-state index is 12.4. The van der Waals surface area contributed by atoms with Gasteiger partial charge in [-0.2, -0.15) is 5.10 Å². The molecule has 1 aromatic rings. The van der Waals surface area contributed by atoms with Gasteiger partial charge in [-0.1, -0.05) is 6.42 Å². The molecule has 2 aliphatic rings. The molecular formula is C16H26N4O2. The predicted octanol–water partition coefficient (Wildman–Crippen LogP) is 1.17. The summed E-state index contributed by atoms with van der Waals surface area (Å²) in [6.45, 7) is 4.54. The molecule has 1 aliphatic heterocycles. The first kappa shape index (κ1) is 15.5. The first-order valence-electron chi connectivity index (χ1n) is 8.38. The number of aromatic nitrogens is 2. The van der Waals surface area contributed by atoms with Crippen LogP contribution in [0.2, 0.25) is 0 Å². The zero-order chi connectivity index (χ0) is 15.5. The second-order valence-corrected chi connectivity index (χ2v) is 6.51. The lowest BCUT2D eigenvalue weighted by atomic mass is 10.0. The van der Waals surface area contributed by atoms with E-state index in [1.807, 2.05) is 6.92 Å². The summed E-state index contributed by atoms with van der Waals surface area (Å²) < 4.78 is 0. The Bertz CT molecular complexity index is 524. The van der Waals surface area contributed by atoms with Gasteiger partial charge in [0.15, 0.2) is 0 Å². The highest BCUT2D eigenvalue weighted by molar-refractivity contribution is 5.96. The average molecular weight is 306 g/mol. The number of piperidine rings is 1. The fraction of sp³-hybridized carbons (Fsp3) is 0.750. The number of H-pyrrole nitrogens is 1. The lowest BCUT2D eigenvalue weighted by Crippen LogP contribution is -2.45. The molecule has 2 heterocycles. The molecule has 22 heavy (non-hydrogen) atoms. The van der Waals surface area contributed by atoms with E-state index in [2.05, 4.69) is 20.4 Å². The van der Waals surface area contributed by atoms with Crippen LogP contribution in [0, 0.1) is 6.92 Å². The summed E-state index contributed by atoms with van der Waals surface area (Å²) in [4.78, 5) is 14.7. The van der Waals surface area contributed by atoms with Crippen molar-refractivity contribution in [1.29, 1.82) is 0 Å². The van der Waals surface area contributed by atoms with E-state index < -0.39 is 0 Å². The fourth-order valence-electron chi connectivity index (χ4n) is 3.35. The second kappa shape index (κ2) is 6.79. The van der Waals surface area contributed by atoms with Crippen LogP contribution >= 0.6 is 0 Å². The van der Waals surface area contributed by atoms with Gasteiger partial charge in [0.1, 0.15) is 0 Å². The molecular weight excluding hydrogens is 280 g/mol. The van der Waals surface area contributed by atoms with Gasteiger partial charge < -0.3 is 10.4 Å². The van der Waals surface area contributed by atoms with Gasteiger partial charge >= 0.3 is 0 Å². The van der Waals surface area contributed by atoms with E-state index >= 15 is 0 Å². The van der Waals surface area contributed by atoms with Gasteiger partial charge in [-0.25, -0.2) is 0 Å². The molecule has 0 bridgehead atoms. The van der Waals surface area contributed by atoms with Crippen LogP contribution in [0.1, 0.15) is 59.8 Å². The van der Waals surface area contributed by atoms with Gasteiger partial charge in [-0.05, 0) is 39.2 Å². The van der Waals surface area contributed by atoms with Gasteiger partial charge in [-0.3, -0.25) is 14.8 Å². The lowest BCUT2D eigenvalue weighted by Gasteiger charge is -2.34. The van der Waals surface area contributed by atoms with Crippen LogP contribution in [-0.2, 0) is 0 Å². The fourth-order valence-corrected chi connectivity index (χ4v) is 3.35. The van der Waals surface area contributed by atoms with Crippen LogP contribution in [0.25, 0.3) is 0 Å². The number of carbonyl (C=O) groups is 1. The third kappa shape index (κ3) is 3.33. The number of carbonyl (C=O) groups excluding carboxylic acids is 1. The number of aliphatic hydroxyl groups is 1. The number of hydrogen-bond acceptors (Lipinski definition) is 4. The molecule has 1 saturated carbocycles. The van der Waals surface area contributed by atoms with Crippen molar-refractivity contribution in [3.63, 3.8) is 0 Å². The molecule has 1 aromatic heterocycles.